The third-order valence-corrected chi connectivity index (χ3v) is 1.79. The molecule has 0 fully saturated rings. The second-order valence-electron chi connectivity index (χ2n) is 3.07. The van der Waals surface area contributed by atoms with Crippen molar-refractivity contribution in [3.05, 3.63) is 22.8 Å². The fourth-order valence-electron chi connectivity index (χ4n) is 0.997. The Balaban J connectivity index is 4.85. The maximum absolute atomic E-state index is 12.4. The molecule has 0 N–H and O–H groups in total. The van der Waals surface area contributed by atoms with Gasteiger partial charge in [0.1, 0.15) is 6.67 Å². The summed E-state index contributed by atoms with van der Waals surface area (Å²) >= 11 is 4.92. The van der Waals surface area contributed by atoms with E-state index in [0.29, 0.717) is 10.4 Å². The van der Waals surface area contributed by atoms with Gasteiger partial charge >= 0.3 is 0 Å². The first-order chi connectivity index (χ1) is 5.49. The molecule has 0 aromatic rings. The van der Waals surface area contributed by atoms with Crippen molar-refractivity contribution in [1.82, 2.24) is 0 Å². The third-order valence-electron chi connectivity index (χ3n) is 1.54. The Bertz CT molecular complexity index is 232. The molecule has 0 heterocycles. The minimum absolute atomic E-state index is 0.467. The van der Waals surface area contributed by atoms with Gasteiger partial charge in [0.25, 0.3) is 0 Å². The van der Waals surface area contributed by atoms with Gasteiger partial charge in [0, 0.05) is 4.86 Å². The van der Waals surface area contributed by atoms with Gasteiger partial charge in [0.15, 0.2) is 0 Å². The molecule has 0 aliphatic heterocycles. The fraction of sp³-hybridized carbons (Fsp3) is 0.500. The predicted molar refractivity (Wildman–Crippen MR) is 56.4 cm³/mol. The van der Waals surface area contributed by atoms with E-state index in [-0.39, 0.29) is 0 Å². The number of halogens is 1. The minimum Gasteiger partial charge on any atom is -0.246 e. The number of hydrogen-bond donors (Lipinski definition) is 0. The monoisotopic (exact) mass is 186 g/mol. The van der Waals surface area contributed by atoms with Crippen molar-refractivity contribution >= 4 is 17.1 Å². The SMILES string of the molecule is CC(=S)/C(CF)=C(\C)C=C(C)C. The van der Waals surface area contributed by atoms with Gasteiger partial charge in [-0.2, -0.15) is 0 Å². The Morgan fingerprint density at radius 2 is 1.75 bits per heavy atom. The normalized spacial score (nSPS) is 12.1. The molecule has 12 heavy (non-hydrogen) atoms. The molecule has 0 saturated heterocycles. The zero-order valence-corrected chi connectivity index (χ0v) is 8.89. The van der Waals surface area contributed by atoms with Gasteiger partial charge in [0.2, 0.25) is 0 Å². The molecule has 0 atom stereocenters. The van der Waals surface area contributed by atoms with E-state index >= 15 is 0 Å². The summed E-state index contributed by atoms with van der Waals surface area (Å²) in [5.74, 6) is 0. The summed E-state index contributed by atoms with van der Waals surface area (Å²) in [7, 11) is 0. The zero-order chi connectivity index (χ0) is 9.72. The lowest BCUT2D eigenvalue weighted by Gasteiger charge is -2.03. The average Bonchev–Trinajstić information content (AvgIpc) is 1.85. The van der Waals surface area contributed by atoms with E-state index in [1.54, 1.807) is 6.92 Å². The smallest absolute Gasteiger partial charge is 0.116 e. The largest absolute Gasteiger partial charge is 0.246 e. The van der Waals surface area contributed by atoms with Crippen molar-refractivity contribution in [2.75, 3.05) is 6.67 Å². The Labute approximate surface area is 79.2 Å². The summed E-state index contributed by atoms with van der Waals surface area (Å²) in [6, 6.07) is 0. The number of alkyl halides is 1. The molecule has 0 rings (SSSR count). The van der Waals surface area contributed by atoms with Crippen LogP contribution in [0, 0.1) is 0 Å². The first kappa shape index (κ1) is 11.5. The summed E-state index contributed by atoms with van der Waals surface area (Å²) in [5, 5.41) is 0. The van der Waals surface area contributed by atoms with Crippen molar-refractivity contribution in [3.8, 4) is 0 Å². The van der Waals surface area contributed by atoms with E-state index in [1.807, 2.05) is 26.8 Å². The molecular formula is C10H15FS. The number of allylic oxidation sites excluding steroid dienone is 4. The average molecular weight is 186 g/mol. The van der Waals surface area contributed by atoms with Crippen LogP contribution in [0.2, 0.25) is 0 Å². The van der Waals surface area contributed by atoms with E-state index in [9.17, 15) is 4.39 Å². The Morgan fingerprint density at radius 3 is 2.00 bits per heavy atom. The number of rotatable bonds is 3. The van der Waals surface area contributed by atoms with Crippen LogP contribution in [-0.4, -0.2) is 11.5 Å². The van der Waals surface area contributed by atoms with Crippen LogP contribution in [0.25, 0.3) is 0 Å². The molecule has 0 bridgehead atoms. The van der Waals surface area contributed by atoms with Crippen molar-refractivity contribution in [1.29, 1.82) is 0 Å². The van der Waals surface area contributed by atoms with Crippen LogP contribution in [0.4, 0.5) is 4.39 Å². The summed E-state index contributed by atoms with van der Waals surface area (Å²) in [5.41, 5.74) is 2.74. The lowest BCUT2D eigenvalue weighted by molar-refractivity contribution is 0.552. The first-order valence-corrected chi connectivity index (χ1v) is 4.31. The Hall–Kier alpha value is -0.500. The molecule has 0 saturated carbocycles. The molecule has 0 aromatic carbocycles. The van der Waals surface area contributed by atoms with Gasteiger partial charge in [-0.05, 0) is 38.8 Å². The summed E-state index contributed by atoms with van der Waals surface area (Å²) in [6.45, 7) is 7.14. The molecule has 0 aliphatic rings. The molecule has 0 aromatic heterocycles. The van der Waals surface area contributed by atoms with E-state index in [4.69, 9.17) is 12.2 Å². The minimum atomic E-state index is -0.467. The summed E-state index contributed by atoms with van der Waals surface area (Å²) in [4.78, 5) is 0.646. The van der Waals surface area contributed by atoms with Crippen LogP contribution in [0.1, 0.15) is 27.7 Å². The van der Waals surface area contributed by atoms with Crippen molar-refractivity contribution < 1.29 is 4.39 Å². The van der Waals surface area contributed by atoms with Crippen LogP contribution in [0.15, 0.2) is 22.8 Å². The Kier molecular flexibility index (Phi) is 4.98. The maximum Gasteiger partial charge on any atom is 0.116 e. The number of hydrogen-bond acceptors (Lipinski definition) is 1. The molecule has 0 radical (unpaired) electrons. The summed E-state index contributed by atoms with van der Waals surface area (Å²) in [6.07, 6.45) is 1.95. The van der Waals surface area contributed by atoms with Crippen molar-refractivity contribution in [3.63, 3.8) is 0 Å². The van der Waals surface area contributed by atoms with Gasteiger partial charge in [-0.15, -0.1) is 0 Å². The lowest BCUT2D eigenvalue weighted by atomic mass is 10.1. The molecular weight excluding hydrogens is 171 g/mol. The van der Waals surface area contributed by atoms with Crippen molar-refractivity contribution in [2.45, 2.75) is 27.7 Å². The first-order valence-electron chi connectivity index (χ1n) is 3.90. The highest BCUT2D eigenvalue weighted by Gasteiger charge is 2.02. The Morgan fingerprint density at radius 1 is 1.25 bits per heavy atom. The van der Waals surface area contributed by atoms with Crippen molar-refractivity contribution in [2.24, 2.45) is 0 Å². The summed E-state index contributed by atoms with van der Waals surface area (Å²) < 4.78 is 12.4. The highest BCUT2D eigenvalue weighted by atomic mass is 32.1. The van der Waals surface area contributed by atoms with Crippen LogP contribution in [0.3, 0.4) is 0 Å². The third kappa shape index (κ3) is 3.77. The van der Waals surface area contributed by atoms with Gasteiger partial charge in [-0.3, -0.25) is 0 Å². The van der Waals surface area contributed by atoms with Crippen LogP contribution in [0.5, 0.6) is 0 Å². The molecule has 0 spiro atoms. The van der Waals surface area contributed by atoms with Crippen LogP contribution < -0.4 is 0 Å². The predicted octanol–water partition coefficient (Wildman–Crippen LogP) is 3.63. The lowest BCUT2D eigenvalue weighted by Crippen LogP contribution is -1.99. The second kappa shape index (κ2) is 5.20. The van der Waals surface area contributed by atoms with Crippen LogP contribution in [-0.2, 0) is 0 Å². The van der Waals surface area contributed by atoms with E-state index < -0.39 is 6.67 Å². The second-order valence-corrected chi connectivity index (χ2v) is 3.69. The van der Waals surface area contributed by atoms with Gasteiger partial charge < -0.3 is 0 Å². The van der Waals surface area contributed by atoms with Crippen LogP contribution >= 0.6 is 12.2 Å². The van der Waals surface area contributed by atoms with Gasteiger partial charge in [0.05, 0.1) is 0 Å². The fourth-order valence-corrected chi connectivity index (χ4v) is 1.21. The van der Waals surface area contributed by atoms with Gasteiger partial charge in [-0.25, -0.2) is 4.39 Å². The highest BCUT2D eigenvalue weighted by molar-refractivity contribution is 7.80. The van der Waals surface area contributed by atoms with E-state index in [2.05, 4.69) is 0 Å². The topological polar surface area (TPSA) is 0 Å². The van der Waals surface area contributed by atoms with E-state index in [0.717, 1.165) is 11.1 Å². The molecule has 0 aliphatic carbocycles. The maximum atomic E-state index is 12.4. The highest BCUT2D eigenvalue weighted by Crippen LogP contribution is 2.10. The van der Waals surface area contributed by atoms with Gasteiger partial charge in [-0.1, -0.05) is 23.9 Å². The standard InChI is InChI=1S/C10H15FS/c1-7(2)5-8(3)10(6-11)9(4)12/h5H,6H2,1-4H3/b10-8+. The number of thiocarbonyl (C=S) groups is 1. The molecule has 0 unspecified atom stereocenters. The zero-order valence-electron chi connectivity index (χ0n) is 8.07. The molecule has 68 valence electrons. The molecule has 0 nitrogen and oxygen atoms in total. The molecule has 2 heteroatoms. The molecule has 0 amide bonds. The van der Waals surface area contributed by atoms with E-state index in [1.165, 1.54) is 0 Å². The quantitative estimate of drug-likeness (QED) is 0.368.